The van der Waals surface area contributed by atoms with E-state index in [1.54, 1.807) is 6.07 Å². The first-order chi connectivity index (χ1) is 7.11. The molecule has 3 heteroatoms. The van der Waals surface area contributed by atoms with Crippen LogP contribution >= 0.6 is 11.6 Å². The van der Waals surface area contributed by atoms with Gasteiger partial charge in [-0.05, 0) is 37.6 Å². The van der Waals surface area contributed by atoms with Crippen LogP contribution in [0.25, 0.3) is 10.9 Å². The van der Waals surface area contributed by atoms with Gasteiger partial charge in [0.25, 0.3) is 0 Å². The molecule has 0 amide bonds. The van der Waals surface area contributed by atoms with Crippen LogP contribution in [0.2, 0.25) is 5.02 Å². The molecule has 0 radical (unpaired) electrons. The van der Waals surface area contributed by atoms with Crippen molar-refractivity contribution < 1.29 is 4.79 Å². The van der Waals surface area contributed by atoms with Crippen molar-refractivity contribution in [1.29, 1.82) is 0 Å². The van der Waals surface area contributed by atoms with E-state index in [-0.39, 0.29) is 0 Å². The number of fused-ring (bicyclic) bond motifs is 1. The molecule has 0 bridgehead atoms. The van der Waals surface area contributed by atoms with Crippen LogP contribution in [0.4, 0.5) is 0 Å². The molecule has 0 spiro atoms. The highest BCUT2D eigenvalue weighted by atomic mass is 35.5. The Morgan fingerprint density at radius 2 is 2.00 bits per heavy atom. The Morgan fingerprint density at radius 1 is 1.27 bits per heavy atom. The summed E-state index contributed by atoms with van der Waals surface area (Å²) in [4.78, 5) is 15.2. The summed E-state index contributed by atoms with van der Waals surface area (Å²) in [6.07, 6.45) is 0.818. The van der Waals surface area contributed by atoms with Crippen molar-refractivity contribution in [2.75, 3.05) is 0 Å². The van der Waals surface area contributed by atoms with Gasteiger partial charge in [-0.3, -0.25) is 9.78 Å². The molecular weight excluding hydrogens is 210 g/mol. The van der Waals surface area contributed by atoms with Gasteiger partial charge in [0.2, 0.25) is 0 Å². The van der Waals surface area contributed by atoms with E-state index in [4.69, 9.17) is 11.6 Å². The lowest BCUT2D eigenvalue weighted by Gasteiger charge is -2.05. The lowest BCUT2D eigenvalue weighted by Crippen LogP contribution is -1.92. The third-order valence-electron chi connectivity index (χ3n) is 2.29. The zero-order valence-corrected chi connectivity index (χ0v) is 9.30. The summed E-state index contributed by atoms with van der Waals surface area (Å²) >= 11 is 6.11. The quantitative estimate of drug-likeness (QED) is 0.689. The van der Waals surface area contributed by atoms with Crippen molar-refractivity contribution in [3.05, 3.63) is 40.0 Å². The van der Waals surface area contributed by atoms with Crippen LogP contribution < -0.4 is 0 Å². The summed E-state index contributed by atoms with van der Waals surface area (Å²) in [5, 5.41) is 1.48. The topological polar surface area (TPSA) is 30.0 Å². The maximum atomic E-state index is 10.9. The number of hydrogen-bond donors (Lipinski definition) is 0. The molecule has 1 aromatic carbocycles. The normalized spacial score (nSPS) is 10.6. The summed E-state index contributed by atoms with van der Waals surface area (Å²) in [6, 6.07) is 5.56. The Labute approximate surface area is 92.9 Å². The van der Waals surface area contributed by atoms with E-state index in [0.29, 0.717) is 16.1 Å². The second kappa shape index (κ2) is 3.63. The van der Waals surface area contributed by atoms with Gasteiger partial charge in [0.05, 0.1) is 10.5 Å². The van der Waals surface area contributed by atoms with E-state index in [2.05, 4.69) is 4.98 Å². The summed E-state index contributed by atoms with van der Waals surface area (Å²) in [7, 11) is 0. The molecule has 0 atom stereocenters. The SMILES string of the molecule is Cc1cc(C=O)c2nc(C)cc(Cl)c2c1. The number of nitrogens with zero attached hydrogens (tertiary/aromatic N) is 1. The molecule has 2 nitrogen and oxygen atoms in total. The second-order valence-corrected chi connectivity index (χ2v) is 4.02. The molecule has 0 N–H and O–H groups in total. The summed E-state index contributed by atoms with van der Waals surface area (Å²) in [6.45, 7) is 3.79. The van der Waals surface area contributed by atoms with Crippen LogP contribution in [0.5, 0.6) is 0 Å². The summed E-state index contributed by atoms with van der Waals surface area (Å²) < 4.78 is 0. The minimum absolute atomic E-state index is 0.593. The zero-order chi connectivity index (χ0) is 11.0. The number of carbonyl (C=O) groups is 1. The van der Waals surface area contributed by atoms with Gasteiger partial charge in [-0.15, -0.1) is 0 Å². The van der Waals surface area contributed by atoms with E-state index >= 15 is 0 Å². The number of carbonyl (C=O) groups excluding carboxylic acids is 1. The first-order valence-corrected chi connectivity index (χ1v) is 5.02. The lowest BCUT2D eigenvalue weighted by molar-refractivity contribution is 0.112. The number of benzene rings is 1. The third-order valence-corrected chi connectivity index (χ3v) is 2.60. The van der Waals surface area contributed by atoms with Gasteiger partial charge in [0.1, 0.15) is 0 Å². The van der Waals surface area contributed by atoms with Crippen LogP contribution in [0.15, 0.2) is 18.2 Å². The van der Waals surface area contributed by atoms with Gasteiger partial charge >= 0.3 is 0 Å². The van der Waals surface area contributed by atoms with E-state index in [1.165, 1.54) is 0 Å². The van der Waals surface area contributed by atoms with Gasteiger partial charge in [0.15, 0.2) is 6.29 Å². The first kappa shape index (κ1) is 10.1. The Balaban J connectivity index is 2.95. The number of pyridine rings is 1. The van der Waals surface area contributed by atoms with Crippen molar-refractivity contribution in [3.8, 4) is 0 Å². The number of aryl methyl sites for hydroxylation is 2. The fourth-order valence-electron chi connectivity index (χ4n) is 1.67. The fourth-order valence-corrected chi connectivity index (χ4v) is 1.98. The molecule has 0 aliphatic carbocycles. The van der Waals surface area contributed by atoms with Crippen LogP contribution in [0, 0.1) is 13.8 Å². The molecule has 2 rings (SSSR count). The molecule has 0 aliphatic rings. The van der Waals surface area contributed by atoms with Crippen molar-refractivity contribution in [3.63, 3.8) is 0 Å². The molecule has 15 heavy (non-hydrogen) atoms. The predicted molar refractivity (Wildman–Crippen MR) is 61.6 cm³/mol. The van der Waals surface area contributed by atoms with Crippen LogP contribution in [-0.2, 0) is 0 Å². The smallest absolute Gasteiger partial charge is 0.152 e. The van der Waals surface area contributed by atoms with E-state index < -0.39 is 0 Å². The van der Waals surface area contributed by atoms with Crippen molar-refractivity contribution in [2.45, 2.75) is 13.8 Å². The maximum absolute atomic E-state index is 10.9. The van der Waals surface area contributed by atoms with Gasteiger partial charge in [-0.1, -0.05) is 11.6 Å². The Kier molecular flexibility index (Phi) is 2.45. The van der Waals surface area contributed by atoms with Gasteiger partial charge in [-0.2, -0.15) is 0 Å². The molecule has 76 valence electrons. The van der Waals surface area contributed by atoms with E-state index in [1.807, 2.05) is 26.0 Å². The molecule has 1 aromatic heterocycles. The summed E-state index contributed by atoms with van der Waals surface area (Å²) in [5.74, 6) is 0. The molecule has 0 aliphatic heterocycles. The standard InChI is InChI=1S/C12H10ClNO/c1-7-3-9(6-15)12-10(4-7)11(13)5-8(2)14-12/h3-6H,1-2H3. The third kappa shape index (κ3) is 1.73. The lowest BCUT2D eigenvalue weighted by atomic mass is 10.1. The zero-order valence-electron chi connectivity index (χ0n) is 8.54. The predicted octanol–water partition coefficient (Wildman–Crippen LogP) is 3.32. The Bertz CT molecular complexity index is 549. The molecule has 1 heterocycles. The fraction of sp³-hybridized carbons (Fsp3) is 0.167. The highest BCUT2D eigenvalue weighted by Gasteiger charge is 2.07. The first-order valence-electron chi connectivity index (χ1n) is 4.64. The maximum Gasteiger partial charge on any atom is 0.152 e. The number of aromatic nitrogens is 1. The van der Waals surface area contributed by atoms with Crippen LogP contribution in [0.3, 0.4) is 0 Å². The monoisotopic (exact) mass is 219 g/mol. The van der Waals surface area contributed by atoms with Crippen LogP contribution in [-0.4, -0.2) is 11.3 Å². The van der Waals surface area contributed by atoms with Gasteiger partial charge in [-0.25, -0.2) is 0 Å². The highest BCUT2D eigenvalue weighted by Crippen LogP contribution is 2.26. The number of aldehydes is 1. The molecule has 2 aromatic rings. The number of halogens is 1. The van der Waals surface area contributed by atoms with Crippen LogP contribution in [0.1, 0.15) is 21.6 Å². The molecule has 0 saturated heterocycles. The van der Waals surface area contributed by atoms with Gasteiger partial charge in [0, 0.05) is 16.6 Å². The van der Waals surface area contributed by atoms with Crippen molar-refractivity contribution in [2.24, 2.45) is 0 Å². The number of rotatable bonds is 1. The molecular formula is C12H10ClNO. The largest absolute Gasteiger partial charge is 0.298 e. The number of hydrogen-bond acceptors (Lipinski definition) is 2. The minimum Gasteiger partial charge on any atom is -0.298 e. The highest BCUT2D eigenvalue weighted by molar-refractivity contribution is 6.35. The molecule has 0 fully saturated rings. The van der Waals surface area contributed by atoms with Gasteiger partial charge < -0.3 is 0 Å². The van der Waals surface area contributed by atoms with Crippen molar-refractivity contribution in [1.82, 2.24) is 4.98 Å². The van der Waals surface area contributed by atoms with E-state index in [9.17, 15) is 4.79 Å². The average molecular weight is 220 g/mol. The Hall–Kier alpha value is -1.41. The van der Waals surface area contributed by atoms with E-state index in [0.717, 1.165) is 22.9 Å². The molecule has 0 unspecified atom stereocenters. The summed E-state index contributed by atoms with van der Waals surface area (Å²) in [5.41, 5.74) is 3.10. The molecule has 0 saturated carbocycles. The Morgan fingerprint density at radius 3 is 2.67 bits per heavy atom. The average Bonchev–Trinajstić information content (AvgIpc) is 2.18. The minimum atomic E-state index is 0.593. The second-order valence-electron chi connectivity index (χ2n) is 3.61. The van der Waals surface area contributed by atoms with Crippen molar-refractivity contribution >= 4 is 28.8 Å².